The smallest absolute Gasteiger partial charge is 0.315 e. The summed E-state index contributed by atoms with van der Waals surface area (Å²) in [6.45, 7) is 2.13. The highest BCUT2D eigenvalue weighted by Gasteiger charge is 2.19. The number of hydrogen-bond donors (Lipinski definition) is 2. The molecule has 1 rings (SSSR count). The first-order valence-corrected chi connectivity index (χ1v) is 7.86. The molecule has 132 valence electrons. The first kappa shape index (κ1) is 19.4. The molecule has 1 amide bonds. The first-order valence-electron chi connectivity index (χ1n) is 7.86. The van der Waals surface area contributed by atoms with Gasteiger partial charge in [-0.3, -0.25) is 14.9 Å². The fraction of sp³-hybridized carbons (Fsp3) is 0.500. The molecule has 0 atom stereocenters. The van der Waals surface area contributed by atoms with Gasteiger partial charge < -0.3 is 9.84 Å². The molecule has 0 saturated heterocycles. The van der Waals surface area contributed by atoms with Crippen molar-refractivity contribution in [2.45, 2.75) is 45.4 Å². The minimum Gasteiger partial charge on any atom is -0.500 e. The zero-order valence-corrected chi connectivity index (χ0v) is 13.9. The number of nitrogens with zero attached hydrogens (tertiary/aromatic N) is 2. The number of hydrazone groups is 1. The molecular formula is C16H23N3O5. The van der Waals surface area contributed by atoms with Crippen molar-refractivity contribution in [1.82, 2.24) is 5.43 Å². The minimum absolute atomic E-state index is 0.0344. The van der Waals surface area contributed by atoms with Gasteiger partial charge in [0, 0.05) is 18.1 Å². The maximum absolute atomic E-state index is 11.6. The van der Waals surface area contributed by atoms with Gasteiger partial charge in [-0.15, -0.1) is 0 Å². The largest absolute Gasteiger partial charge is 0.500 e. The fourth-order valence-electron chi connectivity index (χ4n) is 2.11. The lowest BCUT2D eigenvalue weighted by Crippen LogP contribution is -2.16. The Hall–Kier alpha value is -2.64. The summed E-state index contributed by atoms with van der Waals surface area (Å²) in [6.07, 6.45) is 6.90. The number of phenols is 1. The molecule has 0 bridgehead atoms. The molecule has 0 aliphatic heterocycles. The fourth-order valence-corrected chi connectivity index (χ4v) is 2.11. The van der Waals surface area contributed by atoms with Crippen molar-refractivity contribution < 1.29 is 19.6 Å². The van der Waals surface area contributed by atoms with Gasteiger partial charge >= 0.3 is 5.69 Å². The van der Waals surface area contributed by atoms with E-state index in [9.17, 15) is 20.0 Å². The van der Waals surface area contributed by atoms with E-state index in [1.54, 1.807) is 0 Å². The van der Waals surface area contributed by atoms with Crippen molar-refractivity contribution in [2.75, 3.05) is 7.11 Å². The molecular weight excluding hydrogens is 314 g/mol. The number of carbonyl (C=O) groups is 1. The van der Waals surface area contributed by atoms with Crippen molar-refractivity contribution in [3.63, 3.8) is 0 Å². The lowest BCUT2D eigenvalue weighted by molar-refractivity contribution is -0.386. The van der Waals surface area contributed by atoms with Crippen LogP contribution in [0.3, 0.4) is 0 Å². The van der Waals surface area contributed by atoms with E-state index in [2.05, 4.69) is 17.5 Å². The van der Waals surface area contributed by atoms with Crippen LogP contribution in [0.4, 0.5) is 5.69 Å². The van der Waals surface area contributed by atoms with E-state index >= 15 is 0 Å². The molecule has 0 aliphatic rings. The standard InChI is InChI=1S/C16H23N3O5/c1-3-4-5-6-7-8-15(20)18-17-11-12-9-13(19(22)23)16(21)14(10-12)24-2/h9-11,21H,3-8H2,1-2H3,(H,18,20). The van der Waals surface area contributed by atoms with Crippen LogP contribution in [0.15, 0.2) is 17.2 Å². The maximum atomic E-state index is 11.6. The van der Waals surface area contributed by atoms with E-state index in [1.807, 2.05) is 0 Å². The first-order chi connectivity index (χ1) is 11.5. The van der Waals surface area contributed by atoms with Crippen molar-refractivity contribution in [2.24, 2.45) is 5.10 Å². The van der Waals surface area contributed by atoms with Gasteiger partial charge in [0.15, 0.2) is 5.75 Å². The molecule has 2 N–H and O–H groups in total. The van der Waals surface area contributed by atoms with E-state index < -0.39 is 16.4 Å². The number of hydrogen-bond acceptors (Lipinski definition) is 6. The quantitative estimate of drug-likeness (QED) is 0.295. The van der Waals surface area contributed by atoms with E-state index in [4.69, 9.17) is 4.74 Å². The maximum Gasteiger partial charge on any atom is 0.315 e. The number of ether oxygens (including phenoxy) is 1. The Morgan fingerprint density at radius 2 is 2.08 bits per heavy atom. The van der Waals surface area contributed by atoms with E-state index in [0.717, 1.165) is 31.7 Å². The van der Waals surface area contributed by atoms with Crippen LogP contribution in [-0.2, 0) is 4.79 Å². The number of methoxy groups -OCH3 is 1. The Bertz CT molecular complexity index is 602. The van der Waals surface area contributed by atoms with E-state index in [-0.39, 0.29) is 11.7 Å². The molecule has 0 aromatic heterocycles. The Kier molecular flexibility index (Phi) is 8.24. The van der Waals surface area contributed by atoms with Gasteiger partial charge in [-0.1, -0.05) is 32.6 Å². The van der Waals surface area contributed by atoms with Crippen LogP contribution >= 0.6 is 0 Å². The van der Waals surface area contributed by atoms with Crippen LogP contribution in [0.1, 0.15) is 51.0 Å². The third kappa shape index (κ3) is 6.23. The summed E-state index contributed by atoms with van der Waals surface area (Å²) in [5, 5.41) is 24.3. The summed E-state index contributed by atoms with van der Waals surface area (Å²) in [7, 11) is 1.29. The Balaban J connectivity index is 2.59. The Morgan fingerprint density at radius 3 is 2.71 bits per heavy atom. The molecule has 0 radical (unpaired) electrons. The van der Waals surface area contributed by atoms with Crippen LogP contribution in [0, 0.1) is 10.1 Å². The molecule has 0 unspecified atom stereocenters. The highest BCUT2D eigenvalue weighted by atomic mass is 16.6. The Labute approximate surface area is 140 Å². The van der Waals surface area contributed by atoms with Crippen LogP contribution in [-0.4, -0.2) is 29.3 Å². The number of benzene rings is 1. The Morgan fingerprint density at radius 1 is 1.38 bits per heavy atom. The molecule has 0 heterocycles. The van der Waals surface area contributed by atoms with E-state index in [1.165, 1.54) is 25.8 Å². The number of nitrogens with one attached hydrogen (secondary N) is 1. The number of aromatic hydroxyl groups is 1. The number of carbonyl (C=O) groups excluding carboxylic acids is 1. The molecule has 0 aliphatic carbocycles. The number of rotatable bonds is 10. The summed E-state index contributed by atoms with van der Waals surface area (Å²) in [5.41, 5.74) is 2.23. The van der Waals surface area contributed by atoms with Gasteiger partial charge in [0.25, 0.3) is 0 Å². The topological polar surface area (TPSA) is 114 Å². The van der Waals surface area contributed by atoms with Crippen molar-refractivity contribution in [1.29, 1.82) is 0 Å². The van der Waals surface area contributed by atoms with Gasteiger partial charge in [0.2, 0.25) is 11.7 Å². The number of phenolic OH excluding ortho intramolecular Hbond substituents is 1. The molecule has 1 aromatic rings. The number of nitro groups is 1. The minimum atomic E-state index is -0.718. The van der Waals surface area contributed by atoms with Gasteiger partial charge in [-0.05, 0) is 12.5 Å². The van der Waals surface area contributed by atoms with Gasteiger partial charge in [-0.25, -0.2) is 5.43 Å². The van der Waals surface area contributed by atoms with Crippen molar-refractivity contribution >= 4 is 17.8 Å². The summed E-state index contributed by atoms with van der Waals surface area (Å²) >= 11 is 0. The molecule has 0 fully saturated rings. The number of nitro benzene ring substituents is 1. The van der Waals surface area contributed by atoms with Crippen LogP contribution in [0.2, 0.25) is 0 Å². The average molecular weight is 337 g/mol. The summed E-state index contributed by atoms with van der Waals surface area (Å²) < 4.78 is 4.89. The van der Waals surface area contributed by atoms with Crippen LogP contribution in [0.25, 0.3) is 0 Å². The lowest BCUT2D eigenvalue weighted by Gasteiger charge is -2.05. The molecule has 8 heteroatoms. The molecule has 1 aromatic carbocycles. The summed E-state index contributed by atoms with van der Waals surface area (Å²) in [4.78, 5) is 21.8. The average Bonchev–Trinajstić information content (AvgIpc) is 2.55. The normalized spacial score (nSPS) is 10.8. The van der Waals surface area contributed by atoms with Gasteiger partial charge in [0.1, 0.15) is 0 Å². The molecule has 0 saturated carbocycles. The number of amides is 1. The highest BCUT2D eigenvalue weighted by molar-refractivity contribution is 5.84. The third-order valence-corrected chi connectivity index (χ3v) is 3.40. The van der Waals surface area contributed by atoms with Gasteiger partial charge in [-0.2, -0.15) is 5.10 Å². The monoisotopic (exact) mass is 337 g/mol. The molecule has 8 nitrogen and oxygen atoms in total. The SMILES string of the molecule is CCCCCCCC(=O)NN=Cc1cc(OC)c(O)c([N+](=O)[O-])c1. The zero-order chi connectivity index (χ0) is 17.9. The highest BCUT2D eigenvalue weighted by Crippen LogP contribution is 2.36. The number of unbranched alkanes of at least 4 members (excludes halogenated alkanes) is 4. The lowest BCUT2D eigenvalue weighted by atomic mass is 10.1. The van der Waals surface area contributed by atoms with Crippen LogP contribution < -0.4 is 10.2 Å². The predicted octanol–water partition coefficient (Wildman–Crippen LogP) is 3.12. The summed E-state index contributed by atoms with van der Waals surface area (Å²) in [5.74, 6) is -0.786. The summed E-state index contributed by atoms with van der Waals surface area (Å²) in [6, 6.07) is 2.54. The molecule has 0 spiro atoms. The van der Waals surface area contributed by atoms with Gasteiger partial charge in [0.05, 0.1) is 18.2 Å². The second-order valence-corrected chi connectivity index (χ2v) is 5.31. The van der Waals surface area contributed by atoms with Crippen molar-refractivity contribution in [3.05, 3.63) is 27.8 Å². The van der Waals surface area contributed by atoms with Crippen LogP contribution in [0.5, 0.6) is 11.5 Å². The second kappa shape index (κ2) is 10.2. The van der Waals surface area contributed by atoms with Crippen molar-refractivity contribution in [3.8, 4) is 11.5 Å². The third-order valence-electron chi connectivity index (χ3n) is 3.40. The second-order valence-electron chi connectivity index (χ2n) is 5.31. The zero-order valence-electron chi connectivity index (χ0n) is 13.9. The van der Waals surface area contributed by atoms with E-state index in [0.29, 0.717) is 12.0 Å². The molecule has 24 heavy (non-hydrogen) atoms. The predicted molar refractivity (Wildman–Crippen MR) is 90.4 cm³/mol.